The summed E-state index contributed by atoms with van der Waals surface area (Å²) in [5, 5.41) is 16.5. The van der Waals surface area contributed by atoms with Gasteiger partial charge in [-0.05, 0) is 56.0 Å². The van der Waals surface area contributed by atoms with Crippen LogP contribution in [0.2, 0.25) is 0 Å². The van der Waals surface area contributed by atoms with E-state index in [1.54, 1.807) is 6.07 Å². The maximum Gasteiger partial charge on any atom is 0.330 e. The van der Waals surface area contributed by atoms with Crippen LogP contribution in [0.25, 0.3) is 10.2 Å². The molecule has 0 unspecified atom stereocenters. The molecule has 3 N–H and O–H groups in total. The van der Waals surface area contributed by atoms with E-state index in [1.807, 2.05) is 42.5 Å². The Kier molecular flexibility index (Phi) is 7.85. The van der Waals surface area contributed by atoms with Crippen molar-refractivity contribution in [2.24, 2.45) is 5.92 Å². The molecule has 1 saturated heterocycles. The van der Waals surface area contributed by atoms with Crippen LogP contribution >= 0.6 is 11.3 Å². The molecular weight excluding hydrogens is 559 g/mol. The van der Waals surface area contributed by atoms with Crippen LogP contribution in [-0.2, 0) is 14.4 Å². The quantitative estimate of drug-likeness (QED) is 0.366. The molecule has 11 heteroatoms. The number of amides is 2. The van der Waals surface area contributed by atoms with Crippen LogP contribution in [0, 0.1) is 11.7 Å². The van der Waals surface area contributed by atoms with Crippen LogP contribution < -0.4 is 15.4 Å². The first-order chi connectivity index (χ1) is 20.3. The molecule has 3 aliphatic rings. The molecule has 1 aromatic heterocycles. The number of carboxylic acid groups (broad SMARTS) is 1. The summed E-state index contributed by atoms with van der Waals surface area (Å²) in [6.07, 6.45) is 7.90. The van der Waals surface area contributed by atoms with Gasteiger partial charge in [0.05, 0.1) is 16.8 Å². The number of carbonyl (C=O) groups is 3. The highest BCUT2D eigenvalue weighted by Crippen LogP contribution is 2.45. The molecule has 0 radical (unpaired) electrons. The van der Waals surface area contributed by atoms with Gasteiger partial charge in [-0.15, -0.1) is 0 Å². The number of aliphatic carboxylic acids is 1. The molecule has 2 aliphatic heterocycles. The number of hydrogen-bond acceptors (Lipinski definition) is 7. The van der Waals surface area contributed by atoms with Crippen LogP contribution in [0.1, 0.15) is 44.9 Å². The topological polar surface area (TPSA) is 121 Å². The summed E-state index contributed by atoms with van der Waals surface area (Å²) < 4.78 is 20.5. The Bertz CT molecular complexity index is 1510. The van der Waals surface area contributed by atoms with Gasteiger partial charge in [0.1, 0.15) is 29.5 Å². The van der Waals surface area contributed by atoms with Gasteiger partial charge in [-0.1, -0.05) is 54.5 Å². The molecule has 0 spiro atoms. The molecule has 5 atom stereocenters. The third kappa shape index (κ3) is 5.83. The van der Waals surface area contributed by atoms with E-state index in [-0.39, 0.29) is 30.6 Å². The van der Waals surface area contributed by atoms with Crippen molar-refractivity contribution in [2.75, 3.05) is 11.9 Å². The third-order valence-corrected chi connectivity index (χ3v) is 9.24. The number of thiazole rings is 1. The Morgan fingerprint density at radius 3 is 2.81 bits per heavy atom. The molecule has 3 heterocycles. The fraction of sp³-hybridized carbons (Fsp3) is 0.419. The second-order valence-corrected chi connectivity index (χ2v) is 12.3. The lowest BCUT2D eigenvalue weighted by Crippen LogP contribution is -2.55. The maximum atomic E-state index is 14.1. The lowest BCUT2D eigenvalue weighted by molar-refractivity contribution is -0.145. The standard InChI is InChI=1S/C31H33FN4O5S/c32-20-13-14-23-26(15-20)42-30(34-23)41-22-16-25-27(37)35-31(29(39)40)17-19(31)9-5-2-1-3-8-12-24(28(38)36(25)18-22)33-21-10-6-4-7-11-21/h4-7,9-11,13-15,19,22,24-25,33H,1-3,8,12,16-18H2,(H,35,37)(H,39,40)/t19-,22-,24+,25+,31-/m1/s1. The zero-order valence-corrected chi connectivity index (χ0v) is 23.8. The minimum Gasteiger partial charge on any atom is -0.479 e. The van der Waals surface area contributed by atoms with Crippen LogP contribution in [0.4, 0.5) is 10.1 Å². The van der Waals surface area contributed by atoms with Crippen molar-refractivity contribution < 1.29 is 28.6 Å². The molecule has 2 aromatic carbocycles. The molecular formula is C31H33FN4O5S. The van der Waals surface area contributed by atoms with E-state index in [9.17, 15) is 23.9 Å². The largest absolute Gasteiger partial charge is 0.479 e. The number of carboxylic acids is 1. The van der Waals surface area contributed by atoms with Crippen molar-refractivity contribution in [1.29, 1.82) is 0 Å². The molecule has 2 fully saturated rings. The smallest absolute Gasteiger partial charge is 0.330 e. The van der Waals surface area contributed by atoms with E-state index in [4.69, 9.17) is 4.74 Å². The number of aromatic nitrogens is 1. The zero-order chi connectivity index (χ0) is 29.3. The van der Waals surface area contributed by atoms with Gasteiger partial charge < -0.3 is 25.4 Å². The van der Waals surface area contributed by atoms with Crippen molar-refractivity contribution in [2.45, 2.75) is 68.7 Å². The Balaban J connectivity index is 1.28. The van der Waals surface area contributed by atoms with Crippen LogP contribution in [0.3, 0.4) is 0 Å². The average molecular weight is 593 g/mol. The van der Waals surface area contributed by atoms with Gasteiger partial charge in [-0.25, -0.2) is 14.2 Å². The first kappa shape index (κ1) is 28.1. The van der Waals surface area contributed by atoms with Crippen LogP contribution in [0.15, 0.2) is 60.7 Å². The maximum absolute atomic E-state index is 14.1. The van der Waals surface area contributed by atoms with E-state index in [2.05, 4.69) is 15.6 Å². The molecule has 0 bridgehead atoms. The minimum atomic E-state index is -1.37. The zero-order valence-electron chi connectivity index (χ0n) is 23.0. The highest BCUT2D eigenvalue weighted by Gasteiger charge is 2.61. The summed E-state index contributed by atoms with van der Waals surface area (Å²) in [5.41, 5.74) is 0.0266. The van der Waals surface area contributed by atoms with Gasteiger partial charge >= 0.3 is 5.97 Å². The third-order valence-electron chi connectivity index (χ3n) is 8.33. The number of rotatable bonds is 5. The number of para-hydroxylation sites is 1. The Hall–Kier alpha value is -3.99. The predicted molar refractivity (Wildman–Crippen MR) is 157 cm³/mol. The summed E-state index contributed by atoms with van der Waals surface area (Å²) in [6, 6.07) is 12.3. The number of carbonyl (C=O) groups excluding carboxylic acids is 2. The monoisotopic (exact) mass is 592 g/mol. The number of anilines is 1. The summed E-state index contributed by atoms with van der Waals surface area (Å²) in [4.78, 5) is 46.1. The molecule has 9 nitrogen and oxygen atoms in total. The Labute approximate surface area is 246 Å². The normalized spacial score (nSPS) is 28.3. The highest BCUT2D eigenvalue weighted by molar-refractivity contribution is 7.20. The number of allylic oxidation sites excluding steroid dienone is 1. The van der Waals surface area contributed by atoms with Gasteiger partial charge in [-0.3, -0.25) is 9.59 Å². The van der Waals surface area contributed by atoms with Crippen molar-refractivity contribution >= 4 is 45.0 Å². The number of ether oxygens (including phenoxy) is 1. The van der Waals surface area contributed by atoms with Crippen LogP contribution in [0.5, 0.6) is 5.19 Å². The average Bonchev–Trinajstić information content (AvgIpc) is 3.29. The van der Waals surface area contributed by atoms with Crippen molar-refractivity contribution in [3.8, 4) is 5.19 Å². The summed E-state index contributed by atoms with van der Waals surface area (Å²) in [5.74, 6) is -2.49. The first-order valence-corrected chi connectivity index (χ1v) is 15.2. The Morgan fingerprint density at radius 2 is 2.00 bits per heavy atom. The van der Waals surface area contributed by atoms with E-state index < -0.39 is 35.6 Å². The molecule has 3 aromatic rings. The number of halogens is 1. The van der Waals surface area contributed by atoms with E-state index in [1.165, 1.54) is 28.4 Å². The summed E-state index contributed by atoms with van der Waals surface area (Å²) in [7, 11) is 0. The Morgan fingerprint density at radius 1 is 1.17 bits per heavy atom. The van der Waals surface area contributed by atoms with E-state index >= 15 is 0 Å². The van der Waals surface area contributed by atoms with Gasteiger partial charge in [0, 0.05) is 18.0 Å². The number of nitrogens with zero attached hydrogens (tertiary/aromatic N) is 2. The minimum absolute atomic E-state index is 0.136. The number of benzene rings is 2. The highest BCUT2D eigenvalue weighted by atomic mass is 32.1. The lowest BCUT2D eigenvalue weighted by atomic mass is 10.0. The van der Waals surface area contributed by atoms with Gasteiger partial charge in [0.2, 0.25) is 11.8 Å². The molecule has 1 aliphatic carbocycles. The van der Waals surface area contributed by atoms with Crippen molar-refractivity contribution in [1.82, 2.24) is 15.2 Å². The number of hydrogen-bond donors (Lipinski definition) is 3. The lowest BCUT2D eigenvalue weighted by Gasteiger charge is -2.30. The fourth-order valence-electron chi connectivity index (χ4n) is 5.95. The second-order valence-electron chi connectivity index (χ2n) is 11.3. The van der Waals surface area contributed by atoms with E-state index in [0.717, 1.165) is 31.4 Å². The van der Waals surface area contributed by atoms with Gasteiger partial charge in [-0.2, -0.15) is 0 Å². The molecule has 1 saturated carbocycles. The molecule has 2 amide bonds. The predicted octanol–water partition coefficient (Wildman–Crippen LogP) is 4.74. The van der Waals surface area contributed by atoms with Gasteiger partial charge in [0.25, 0.3) is 5.19 Å². The first-order valence-electron chi connectivity index (χ1n) is 14.4. The second kappa shape index (κ2) is 11.7. The molecule has 220 valence electrons. The molecule has 42 heavy (non-hydrogen) atoms. The SMILES string of the molecule is O=C1N[C@]2(C(=O)O)C[C@H]2C=CCCCCC[C@H](Nc2ccccc2)C(=O)N2C[C@H](Oc3nc4ccc(F)cc4s3)C[C@@H]12. The number of nitrogens with one attached hydrogen (secondary N) is 2. The summed E-state index contributed by atoms with van der Waals surface area (Å²) in [6.45, 7) is 0.136. The van der Waals surface area contributed by atoms with Crippen LogP contribution in [-0.4, -0.2) is 63.0 Å². The van der Waals surface area contributed by atoms with Crippen molar-refractivity contribution in [3.05, 3.63) is 66.5 Å². The molecule has 6 rings (SSSR count). The number of fused-ring (bicyclic) bond motifs is 3. The van der Waals surface area contributed by atoms with E-state index in [0.29, 0.717) is 28.3 Å². The summed E-state index contributed by atoms with van der Waals surface area (Å²) >= 11 is 1.20. The van der Waals surface area contributed by atoms with Crippen molar-refractivity contribution in [3.63, 3.8) is 0 Å². The fourth-order valence-corrected chi connectivity index (χ4v) is 6.86. The van der Waals surface area contributed by atoms with Gasteiger partial charge in [0.15, 0.2) is 0 Å².